The van der Waals surface area contributed by atoms with E-state index in [4.69, 9.17) is 23.7 Å². The summed E-state index contributed by atoms with van der Waals surface area (Å²) in [5.74, 6) is 1.02. The van der Waals surface area contributed by atoms with E-state index in [0.29, 0.717) is 24.9 Å². The summed E-state index contributed by atoms with van der Waals surface area (Å²) >= 11 is 0. The summed E-state index contributed by atoms with van der Waals surface area (Å²) in [5, 5.41) is 73.9. The molecule has 6 aliphatic rings. The van der Waals surface area contributed by atoms with Crippen molar-refractivity contribution >= 4 is 0 Å². The molecular weight excluding hydrogens is 588 g/mol. The quantitative estimate of drug-likeness (QED) is 0.194. The van der Waals surface area contributed by atoms with E-state index < -0.39 is 67.0 Å². The van der Waals surface area contributed by atoms with E-state index in [1.807, 2.05) is 0 Å². The predicted octanol–water partition coefficient (Wildman–Crippen LogP) is 0.445. The first kappa shape index (κ1) is 34.4. The molecule has 4 saturated carbocycles. The second-order valence-corrected chi connectivity index (χ2v) is 16.0. The normalized spacial score (nSPS) is 56.5. The average molecular weight is 645 g/mol. The Bertz CT molecular complexity index is 1050. The fraction of sp³-hybridized carbons (Fsp3) is 1.00. The molecule has 0 radical (unpaired) electrons. The van der Waals surface area contributed by atoms with Crippen LogP contribution in [0, 0.1) is 34.0 Å². The fourth-order valence-electron chi connectivity index (χ4n) is 11.2. The Kier molecular flexibility index (Phi) is 9.51. The molecular formula is C33H56O12. The van der Waals surface area contributed by atoms with Crippen molar-refractivity contribution < 1.29 is 59.4 Å². The van der Waals surface area contributed by atoms with Crippen molar-refractivity contribution in [3.63, 3.8) is 0 Å². The van der Waals surface area contributed by atoms with Crippen LogP contribution in [0.4, 0.5) is 0 Å². The van der Waals surface area contributed by atoms with Crippen LogP contribution in [0.3, 0.4) is 0 Å². The first-order valence-corrected chi connectivity index (χ1v) is 17.0. The third-order valence-corrected chi connectivity index (χ3v) is 13.4. The molecule has 0 amide bonds. The molecule has 17 unspecified atom stereocenters. The highest BCUT2D eigenvalue weighted by Crippen LogP contribution is 2.72. The number of hydrogen-bond acceptors (Lipinski definition) is 12. The van der Waals surface area contributed by atoms with Gasteiger partial charge in [-0.05, 0) is 92.3 Å². The van der Waals surface area contributed by atoms with E-state index in [1.54, 1.807) is 6.92 Å². The molecule has 45 heavy (non-hydrogen) atoms. The molecule has 12 heteroatoms. The number of fused-ring (bicyclic) bond motifs is 3. The van der Waals surface area contributed by atoms with Gasteiger partial charge in [-0.15, -0.1) is 0 Å². The molecule has 7 N–H and O–H groups in total. The van der Waals surface area contributed by atoms with Gasteiger partial charge in [-0.1, -0.05) is 20.3 Å². The van der Waals surface area contributed by atoms with E-state index >= 15 is 0 Å². The molecule has 1 spiro atoms. The van der Waals surface area contributed by atoms with Gasteiger partial charge < -0.3 is 59.4 Å². The zero-order valence-corrected chi connectivity index (χ0v) is 27.2. The van der Waals surface area contributed by atoms with Gasteiger partial charge in [0.15, 0.2) is 12.6 Å². The molecule has 2 heterocycles. The molecule has 12 nitrogen and oxygen atoms in total. The van der Waals surface area contributed by atoms with E-state index in [-0.39, 0.29) is 35.4 Å². The van der Waals surface area contributed by atoms with Crippen molar-refractivity contribution in [3.05, 3.63) is 0 Å². The van der Waals surface area contributed by atoms with Crippen LogP contribution in [0.2, 0.25) is 0 Å². The lowest BCUT2D eigenvalue weighted by molar-refractivity contribution is -0.334. The van der Waals surface area contributed by atoms with Gasteiger partial charge in [-0.3, -0.25) is 0 Å². The third-order valence-electron chi connectivity index (χ3n) is 13.4. The first-order valence-electron chi connectivity index (χ1n) is 17.0. The second kappa shape index (κ2) is 12.4. The van der Waals surface area contributed by atoms with Crippen molar-refractivity contribution in [1.29, 1.82) is 0 Å². The van der Waals surface area contributed by atoms with Crippen LogP contribution < -0.4 is 0 Å². The van der Waals surface area contributed by atoms with Crippen molar-refractivity contribution in [2.24, 2.45) is 34.0 Å². The highest BCUT2D eigenvalue weighted by molar-refractivity contribution is 5.17. The molecule has 0 aromatic heterocycles. The van der Waals surface area contributed by atoms with Crippen LogP contribution >= 0.6 is 0 Å². The molecule has 0 aromatic rings. The zero-order chi connectivity index (χ0) is 32.5. The Morgan fingerprint density at radius 3 is 2.22 bits per heavy atom. The topological polar surface area (TPSA) is 188 Å². The number of ether oxygens (including phenoxy) is 5. The second-order valence-electron chi connectivity index (χ2n) is 16.0. The third kappa shape index (κ3) is 5.62. The Morgan fingerprint density at radius 1 is 0.800 bits per heavy atom. The maximum atomic E-state index is 11.3. The number of rotatable bonds is 8. The van der Waals surface area contributed by atoms with Crippen molar-refractivity contribution in [3.8, 4) is 0 Å². The smallest absolute Gasteiger partial charge is 0.186 e. The monoisotopic (exact) mass is 644 g/mol. The van der Waals surface area contributed by atoms with Gasteiger partial charge in [0.25, 0.3) is 0 Å². The molecule has 2 saturated heterocycles. The highest BCUT2D eigenvalue weighted by atomic mass is 16.7. The summed E-state index contributed by atoms with van der Waals surface area (Å²) in [5.41, 5.74) is -1.02. The van der Waals surface area contributed by atoms with Gasteiger partial charge in [0.2, 0.25) is 0 Å². The molecule has 2 aliphatic heterocycles. The van der Waals surface area contributed by atoms with Crippen molar-refractivity contribution in [1.82, 2.24) is 0 Å². The summed E-state index contributed by atoms with van der Waals surface area (Å²) in [6.07, 6.45) is -2.98. The van der Waals surface area contributed by atoms with Crippen LogP contribution in [0.5, 0.6) is 0 Å². The molecule has 17 atom stereocenters. The summed E-state index contributed by atoms with van der Waals surface area (Å²) in [6.45, 7) is 6.24. The molecule has 260 valence electrons. The first-order chi connectivity index (χ1) is 21.2. The molecule has 2 bridgehead atoms. The fourth-order valence-corrected chi connectivity index (χ4v) is 11.2. The highest BCUT2D eigenvalue weighted by Gasteiger charge is 2.67. The Balaban J connectivity index is 1.13. The van der Waals surface area contributed by atoms with Crippen LogP contribution in [0.25, 0.3) is 0 Å². The minimum absolute atomic E-state index is 0.0689. The Morgan fingerprint density at radius 2 is 1.51 bits per heavy atom. The molecule has 4 aliphatic carbocycles. The predicted molar refractivity (Wildman–Crippen MR) is 158 cm³/mol. The standard InChI is InChI=1S/C33H56O12/c1-17-22(35)23(36)25(38)28(44-17)42-13-19-27(41-4)24(37)26(39)29(45-19)43-16-30(2)9-5-10-31(3)20(30)8-11-32-12-18(6-7-21(31)32)33(40,14-32)15-34/h17-29,34-40H,5-16H2,1-4H3. The lowest BCUT2D eigenvalue weighted by Gasteiger charge is -2.64. The zero-order valence-electron chi connectivity index (χ0n) is 27.2. The van der Waals surface area contributed by atoms with Gasteiger partial charge >= 0.3 is 0 Å². The lowest BCUT2D eigenvalue weighted by Crippen LogP contribution is -2.62. The summed E-state index contributed by atoms with van der Waals surface area (Å²) < 4.78 is 29.3. The molecule has 6 fully saturated rings. The lowest BCUT2D eigenvalue weighted by atomic mass is 9.41. The summed E-state index contributed by atoms with van der Waals surface area (Å²) in [6, 6.07) is 0. The van der Waals surface area contributed by atoms with Crippen LogP contribution in [0.1, 0.15) is 78.6 Å². The Hall–Kier alpha value is -0.480. The van der Waals surface area contributed by atoms with Gasteiger partial charge in [0.1, 0.15) is 42.7 Å². The molecule has 6 rings (SSSR count). The number of hydrogen-bond donors (Lipinski definition) is 7. The number of aliphatic hydroxyl groups excluding tert-OH is 6. The van der Waals surface area contributed by atoms with Gasteiger partial charge in [-0.25, -0.2) is 0 Å². The number of aliphatic hydroxyl groups is 7. The van der Waals surface area contributed by atoms with Gasteiger partial charge in [0.05, 0.1) is 31.5 Å². The van der Waals surface area contributed by atoms with Gasteiger partial charge in [0, 0.05) is 7.11 Å². The SMILES string of the molecule is COC1C(COC2OC(C)C(O)C(O)C2O)OC(OCC2(C)CCCC3(C)C2CCC24CC(CCC23)C(O)(CO)C4)C(O)C1O. The maximum absolute atomic E-state index is 11.3. The van der Waals surface area contributed by atoms with Crippen molar-refractivity contribution in [2.45, 2.75) is 146 Å². The van der Waals surface area contributed by atoms with Crippen LogP contribution in [0.15, 0.2) is 0 Å². The summed E-state index contributed by atoms with van der Waals surface area (Å²) in [4.78, 5) is 0. The van der Waals surface area contributed by atoms with E-state index in [0.717, 1.165) is 51.4 Å². The largest absolute Gasteiger partial charge is 0.393 e. The van der Waals surface area contributed by atoms with Gasteiger partial charge in [-0.2, -0.15) is 0 Å². The average Bonchev–Trinajstić information content (AvgIpc) is 3.22. The Labute approximate surface area is 266 Å². The molecule has 0 aromatic carbocycles. The van der Waals surface area contributed by atoms with Crippen molar-refractivity contribution in [2.75, 3.05) is 26.9 Å². The minimum atomic E-state index is -1.49. The van der Waals surface area contributed by atoms with E-state index in [2.05, 4.69) is 13.8 Å². The van der Waals surface area contributed by atoms with E-state index in [1.165, 1.54) is 7.11 Å². The van der Waals surface area contributed by atoms with Crippen LogP contribution in [-0.4, -0.2) is 130 Å². The minimum Gasteiger partial charge on any atom is -0.393 e. The number of methoxy groups -OCH3 is 1. The summed E-state index contributed by atoms with van der Waals surface area (Å²) in [7, 11) is 1.39. The van der Waals surface area contributed by atoms with E-state index in [9.17, 15) is 35.7 Å². The van der Waals surface area contributed by atoms with Crippen LogP contribution in [-0.2, 0) is 23.7 Å². The maximum Gasteiger partial charge on any atom is 0.186 e.